The number of methoxy groups -OCH3 is 1. The van der Waals surface area contributed by atoms with Crippen molar-refractivity contribution >= 4 is 6.08 Å². The molecule has 0 aliphatic carbocycles. The van der Waals surface area contributed by atoms with Crippen LogP contribution < -0.4 is 5.32 Å². The molecule has 0 radical (unpaired) electrons. The van der Waals surface area contributed by atoms with Crippen LogP contribution in [0, 0.1) is 5.92 Å². The number of likely N-dealkylation sites (tertiary alicyclic amines) is 1. The summed E-state index contributed by atoms with van der Waals surface area (Å²) in [7, 11) is 1.75. The molecule has 1 aromatic carbocycles. The summed E-state index contributed by atoms with van der Waals surface area (Å²) in [5, 5.41) is 3.49. The summed E-state index contributed by atoms with van der Waals surface area (Å²) in [6.07, 6.45) is 7.17. The predicted octanol–water partition coefficient (Wildman–Crippen LogP) is 2.65. The van der Waals surface area contributed by atoms with Crippen molar-refractivity contribution in [3.63, 3.8) is 0 Å². The minimum atomic E-state index is 0.778. The maximum Gasteiger partial charge on any atom is 0.0587 e. The highest BCUT2D eigenvalue weighted by molar-refractivity contribution is 5.48. The lowest BCUT2D eigenvalue weighted by atomic mass is 9.98. The Morgan fingerprint density at radius 2 is 2.19 bits per heavy atom. The molecule has 2 rings (SSSR count). The fraction of sp³-hybridized carbons (Fsp3) is 0.556. The van der Waals surface area contributed by atoms with E-state index in [1.165, 1.54) is 31.5 Å². The van der Waals surface area contributed by atoms with Crippen molar-refractivity contribution in [3.8, 4) is 0 Å². The monoisotopic (exact) mass is 288 g/mol. The largest absolute Gasteiger partial charge is 0.383 e. The van der Waals surface area contributed by atoms with E-state index in [9.17, 15) is 0 Å². The van der Waals surface area contributed by atoms with Gasteiger partial charge in [0.05, 0.1) is 6.61 Å². The quantitative estimate of drug-likeness (QED) is 0.744. The maximum atomic E-state index is 5.07. The summed E-state index contributed by atoms with van der Waals surface area (Å²) in [5.41, 5.74) is 1.28. The van der Waals surface area contributed by atoms with Gasteiger partial charge in [-0.25, -0.2) is 0 Å². The molecule has 1 saturated heterocycles. The molecule has 1 unspecified atom stereocenters. The SMILES string of the molecule is COCCNCC1CCCN(CC=Cc2ccccc2)C1. The Morgan fingerprint density at radius 3 is 3.00 bits per heavy atom. The summed E-state index contributed by atoms with van der Waals surface area (Å²) in [6, 6.07) is 10.5. The van der Waals surface area contributed by atoms with Crippen molar-refractivity contribution in [3.05, 3.63) is 42.0 Å². The van der Waals surface area contributed by atoms with E-state index < -0.39 is 0 Å². The van der Waals surface area contributed by atoms with Crippen LogP contribution >= 0.6 is 0 Å². The molecular formula is C18H28N2O. The highest BCUT2D eigenvalue weighted by Crippen LogP contribution is 2.15. The lowest BCUT2D eigenvalue weighted by Crippen LogP contribution is -2.40. The Labute approximate surface area is 129 Å². The van der Waals surface area contributed by atoms with Crippen molar-refractivity contribution in [2.24, 2.45) is 5.92 Å². The van der Waals surface area contributed by atoms with E-state index in [0.29, 0.717) is 0 Å². The first-order valence-corrected chi connectivity index (χ1v) is 8.02. The van der Waals surface area contributed by atoms with Crippen molar-refractivity contribution in [1.29, 1.82) is 0 Å². The number of ether oxygens (including phenoxy) is 1. The summed E-state index contributed by atoms with van der Waals surface area (Å²) < 4.78 is 5.07. The van der Waals surface area contributed by atoms with E-state index in [-0.39, 0.29) is 0 Å². The van der Waals surface area contributed by atoms with Crippen molar-refractivity contribution < 1.29 is 4.74 Å². The molecule has 0 amide bonds. The van der Waals surface area contributed by atoms with Gasteiger partial charge in [-0.1, -0.05) is 42.5 Å². The summed E-state index contributed by atoms with van der Waals surface area (Å²) in [4.78, 5) is 2.56. The van der Waals surface area contributed by atoms with E-state index in [2.05, 4.69) is 52.7 Å². The second-order valence-corrected chi connectivity index (χ2v) is 5.78. The molecule has 1 N–H and O–H groups in total. The summed E-state index contributed by atoms with van der Waals surface area (Å²) in [6.45, 7) is 6.37. The van der Waals surface area contributed by atoms with Gasteiger partial charge in [-0.3, -0.25) is 4.90 Å². The van der Waals surface area contributed by atoms with Gasteiger partial charge in [-0.15, -0.1) is 0 Å². The van der Waals surface area contributed by atoms with Crippen molar-refractivity contribution in [2.45, 2.75) is 12.8 Å². The normalized spacial score (nSPS) is 20.1. The van der Waals surface area contributed by atoms with E-state index in [0.717, 1.165) is 32.2 Å². The number of benzene rings is 1. The second kappa shape index (κ2) is 9.72. The highest BCUT2D eigenvalue weighted by atomic mass is 16.5. The Balaban J connectivity index is 1.67. The smallest absolute Gasteiger partial charge is 0.0587 e. The van der Waals surface area contributed by atoms with Gasteiger partial charge in [0.15, 0.2) is 0 Å². The molecule has 1 heterocycles. The summed E-state index contributed by atoms with van der Waals surface area (Å²) in [5.74, 6) is 0.778. The Morgan fingerprint density at radius 1 is 1.33 bits per heavy atom. The van der Waals surface area contributed by atoms with Crippen LogP contribution in [-0.4, -0.2) is 51.3 Å². The molecule has 1 fully saturated rings. The molecule has 1 aromatic rings. The van der Waals surface area contributed by atoms with E-state index in [1.807, 2.05) is 0 Å². The van der Waals surface area contributed by atoms with Crippen LogP contribution in [0.2, 0.25) is 0 Å². The Kier molecular flexibility index (Phi) is 7.50. The molecule has 0 aromatic heterocycles. The van der Waals surface area contributed by atoms with Gasteiger partial charge in [0, 0.05) is 26.7 Å². The fourth-order valence-electron chi connectivity index (χ4n) is 2.87. The lowest BCUT2D eigenvalue weighted by Gasteiger charge is -2.32. The van der Waals surface area contributed by atoms with Crippen molar-refractivity contribution in [2.75, 3.05) is 46.4 Å². The molecule has 3 heteroatoms. The molecule has 1 aliphatic heterocycles. The molecule has 1 aliphatic rings. The molecule has 0 saturated carbocycles. The number of nitrogens with zero attached hydrogens (tertiary/aromatic N) is 1. The molecular weight excluding hydrogens is 260 g/mol. The molecule has 21 heavy (non-hydrogen) atoms. The van der Waals surface area contributed by atoms with Crippen LogP contribution in [-0.2, 0) is 4.74 Å². The minimum Gasteiger partial charge on any atom is -0.383 e. The van der Waals surface area contributed by atoms with Crippen LogP contribution in [0.25, 0.3) is 6.08 Å². The van der Waals surface area contributed by atoms with Crippen LogP contribution in [0.1, 0.15) is 18.4 Å². The Hall–Kier alpha value is -1.16. The first-order valence-electron chi connectivity index (χ1n) is 8.02. The van der Waals surface area contributed by atoms with Gasteiger partial charge in [0.1, 0.15) is 0 Å². The average Bonchev–Trinajstić information content (AvgIpc) is 2.53. The number of hydrogen-bond acceptors (Lipinski definition) is 3. The third-order valence-electron chi connectivity index (χ3n) is 3.99. The molecule has 0 spiro atoms. The minimum absolute atomic E-state index is 0.778. The lowest BCUT2D eigenvalue weighted by molar-refractivity contribution is 0.175. The van der Waals surface area contributed by atoms with E-state index in [1.54, 1.807) is 7.11 Å². The molecule has 1 atom stereocenters. The van der Waals surface area contributed by atoms with Crippen LogP contribution in [0.5, 0.6) is 0 Å². The standard InChI is InChI=1S/C18H28N2O/c1-21-14-11-19-15-18-10-6-13-20(16-18)12-5-9-17-7-3-2-4-8-17/h2-5,7-9,18-19H,6,10-16H2,1H3. The topological polar surface area (TPSA) is 24.5 Å². The number of rotatable bonds is 8. The van der Waals surface area contributed by atoms with E-state index >= 15 is 0 Å². The van der Waals surface area contributed by atoms with Crippen LogP contribution in [0.15, 0.2) is 36.4 Å². The number of nitrogens with one attached hydrogen (secondary N) is 1. The van der Waals surface area contributed by atoms with Gasteiger partial charge in [0.2, 0.25) is 0 Å². The van der Waals surface area contributed by atoms with E-state index in [4.69, 9.17) is 4.74 Å². The predicted molar refractivity (Wildman–Crippen MR) is 89.4 cm³/mol. The van der Waals surface area contributed by atoms with Crippen LogP contribution in [0.3, 0.4) is 0 Å². The first kappa shape index (κ1) is 16.2. The van der Waals surface area contributed by atoms with Gasteiger partial charge in [-0.05, 0) is 37.4 Å². The molecule has 0 bridgehead atoms. The third-order valence-corrected chi connectivity index (χ3v) is 3.99. The molecule has 116 valence electrons. The zero-order valence-electron chi connectivity index (χ0n) is 13.1. The second-order valence-electron chi connectivity index (χ2n) is 5.78. The Bertz CT molecular complexity index is 405. The summed E-state index contributed by atoms with van der Waals surface area (Å²) >= 11 is 0. The first-order chi connectivity index (χ1) is 10.4. The van der Waals surface area contributed by atoms with Gasteiger partial charge < -0.3 is 10.1 Å². The third kappa shape index (κ3) is 6.42. The highest BCUT2D eigenvalue weighted by Gasteiger charge is 2.18. The fourth-order valence-corrected chi connectivity index (χ4v) is 2.87. The van der Waals surface area contributed by atoms with Gasteiger partial charge >= 0.3 is 0 Å². The number of hydrogen-bond donors (Lipinski definition) is 1. The zero-order valence-corrected chi connectivity index (χ0v) is 13.1. The number of piperidine rings is 1. The average molecular weight is 288 g/mol. The van der Waals surface area contributed by atoms with Gasteiger partial charge in [0.25, 0.3) is 0 Å². The van der Waals surface area contributed by atoms with Crippen molar-refractivity contribution in [1.82, 2.24) is 10.2 Å². The maximum absolute atomic E-state index is 5.07. The van der Waals surface area contributed by atoms with Gasteiger partial charge in [-0.2, -0.15) is 0 Å². The molecule has 3 nitrogen and oxygen atoms in total. The zero-order chi connectivity index (χ0) is 14.8. The van der Waals surface area contributed by atoms with Crippen LogP contribution in [0.4, 0.5) is 0 Å².